The molecule has 1 aliphatic heterocycles. The highest BCUT2D eigenvalue weighted by Gasteiger charge is 2.18. The number of nitrogens with one attached hydrogen (secondary N) is 2. The summed E-state index contributed by atoms with van der Waals surface area (Å²) in [5, 5.41) is 6.98. The van der Waals surface area contributed by atoms with Gasteiger partial charge >= 0.3 is 0 Å². The summed E-state index contributed by atoms with van der Waals surface area (Å²) in [6, 6.07) is 4.86. The van der Waals surface area contributed by atoms with Gasteiger partial charge in [0.1, 0.15) is 5.75 Å². The fourth-order valence-electron chi connectivity index (χ4n) is 2.70. The summed E-state index contributed by atoms with van der Waals surface area (Å²) in [7, 11) is 3.92. The SMILES string of the molecule is COc1c(C)cc(NCC2CNCCN2C)cc1C. The molecule has 1 atom stereocenters. The highest BCUT2D eigenvalue weighted by molar-refractivity contribution is 5.55. The quantitative estimate of drug-likeness (QED) is 0.865. The van der Waals surface area contributed by atoms with Crippen molar-refractivity contribution in [3.63, 3.8) is 0 Å². The molecule has 0 saturated carbocycles. The Morgan fingerprint density at radius 2 is 2.05 bits per heavy atom. The Morgan fingerprint density at radius 3 is 2.63 bits per heavy atom. The molecule has 0 amide bonds. The van der Waals surface area contributed by atoms with E-state index in [1.807, 2.05) is 0 Å². The van der Waals surface area contributed by atoms with Gasteiger partial charge in [-0.05, 0) is 44.2 Å². The highest BCUT2D eigenvalue weighted by Crippen LogP contribution is 2.26. The van der Waals surface area contributed by atoms with Gasteiger partial charge in [-0.2, -0.15) is 0 Å². The first kappa shape index (κ1) is 14.2. The van der Waals surface area contributed by atoms with Gasteiger partial charge in [0.25, 0.3) is 0 Å². The van der Waals surface area contributed by atoms with E-state index in [0.717, 1.165) is 31.9 Å². The molecule has 106 valence electrons. The lowest BCUT2D eigenvalue weighted by molar-refractivity contribution is 0.209. The van der Waals surface area contributed by atoms with Gasteiger partial charge in [-0.3, -0.25) is 4.90 Å². The predicted octanol–water partition coefficient (Wildman–Crippen LogP) is 1.63. The van der Waals surface area contributed by atoms with Gasteiger partial charge in [0.15, 0.2) is 0 Å². The molecule has 0 spiro atoms. The fourth-order valence-corrected chi connectivity index (χ4v) is 2.70. The monoisotopic (exact) mass is 263 g/mol. The number of rotatable bonds is 4. The van der Waals surface area contributed by atoms with Crippen LogP contribution in [0.5, 0.6) is 5.75 Å². The van der Waals surface area contributed by atoms with E-state index in [1.54, 1.807) is 7.11 Å². The third kappa shape index (κ3) is 3.39. The summed E-state index contributed by atoms with van der Waals surface area (Å²) in [6.45, 7) is 8.41. The summed E-state index contributed by atoms with van der Waals surface area (Å²) in [4.78, 5) is 2.41. The number of ether oxygens (including phenoxy) is 1. The summed E-state index contributed by atoms with van der Waals surface area (Å²) >= 11 is 0. The molecular formula is C15H25N3O. The van der Waals surface area contributed by atoms with Gasteiger partial charge < -0.3 is 15.4 Å². The molecule has 2 N–H and O–H groups in total. The van der Waals surface area contributed by atoms with Crippen LogP contribution in [0.1, 0.15) is 11.1 Å². The van der Waals surface area contributed by atoms with Crippen molar-refractivity contribution in [2.75, 3.05) is 45.7 Å². The number of piperazine rings is 1. The van der Waals surface area contributed by atoms with Crippen molar-refractivity contribution in [2.45, 2.75) is 19.9 Å². The lowest BCUT2D eigenvalue weighted by atomic mass is 10.1. The van der Waals surface area contributed by atoms with E-state index < -0.39 is 0 Å². The third-order valence-electron chi connectivity index (χ3n) is 3.85. The number of benzene rings is 1. The van der Waals surface area contributed by atoms with Gasteiger partial charge in [0.2, 0.25) is 0 Å². The van der Waals surface area contributed by atoms with Crippen molar-refractivity contribution >= 4 is 5.69 Å². The summed E-state index contributed by atoms with van der Waals surface area (Å²) in [6.07, 6.45) is 0. The van der Waals surface area contributed by atoms with Crippen LogP contribution in [0.4, 0.5) is 5.69 Å². The van der Waals surface area contributed by atoms with Crippen LogP contribution in [0.2, 0.25) is 0 Å². The van der Waals surface area contributed by atoms with Crippen molar-refractivity contribution in [1.82, 2.24) is 10.2 Å². The minimum atomic E-state index is 0.552. The summed E-state index contributed by atoms with van der Waals surface area (Å²) < 4.78 is 5.40. The Hall–Kier alpha value is -1.26. The average molecular weight is 263 g/mol. The lowest BCUT2D eigenvalue weighted by Crippen LogP contribution is -2.52. The van der Waals surface area contributed by atoms with Crippen LogP contribution < -0.4 is 15.4 Å². The zero-order chi connectivity index (χ0) is 13.8. The van der Waals surface area contributed by atoms with Crippen molar-refractivity contribution in [2.24, 2.45) is 0 Å². The maximum atomic E-state index is 5.40. The first-order valence-corrected chi connectivity index (χ1v) is 6.92. The van der Waals surface area contributed by atoms with Crippen LogP contribution in [-0.2, 0) is 0 Å². The lowest BCUT2D eigenvalue weighted by Gasteiger charge is -2.33. The molecule has 19 heavy (non-hydrogen) atoms. The molecule has 1 aromatic carbocycles. The standard InChI is InChI=1S/C15H25N3O/c1-11-7-13(8-12(2)15(11)19-4)17-10-14-9-16-5-6-18(14)3/h7-8,14,16-17H,5-6,9-10H2,1-4H3. The van der Waals surface area contributed by atoms with Gasteiger partial charge in [-0.15, -0.1) is 0 Å². The normalized spacial score (nSPS) is 20.3. The van der Waals surface area contributed by atoms with Crippen LogP contribution in [0, 0.1) is 13.8 Å². The molecule has 1 heterocycles. The molecule has 1 unspecified atom stereocenters. The van der Waals surface area contributed by atoms with Crippen molar-refractivity contribution in [3.05, 3.63) is 23.3 Å². The van der Waals surface area contributed by atoms with E-state index in [4.69, 9.17) is 4.74 Å². The Labute approximate surface area is 116 Å². The molecule has 0 aromatic heterocycles. The van der Waals surface area contributed by atoms with Crippen LogP contribution in [0.15, 0.2) is 12.1 Å². The van der Waals surface area contributed by atoms with Gasteiger partial charge in [-0.25, -0.2) is 0 Å². The molecule has 0 radical (unpaired) electrons. The number of anilines is 1. The Bertz CT molecular complexity index is 410. The summed E-state index contributed by atoms with van der Waals surface area (Å²) in [5.41, 5.74) is 3.54. The van der Waals surface area contributed by atoms with Crippen molar-refractivity contribution < 1.29 is 4.74 Å². The molecule has 2 rings (SSSR count). The smallest absolute Gasteiger partial charge is 0.124 e. The molecular weight excluding hydrogens is 238 g/mol. The molecule has 4 heteroatoms. The van der Waals surface area contributed by atoms with E-state index in [0.29, 0.717) is 6.04 Å². The first-order chi connectivity index (χ1) is 9.11. The first-order valence-electron chi connectivity index (χ1n) is 6.92. The molecule has 0 bridgehead atoms. The third-order valence-corrected chi connectivity index (χ3v) is 3.85. The number of hydrogen-bond acceptors (Lipinski definition) is 4. The second-order valence-corrected chi connectivity index (χ2v) is 5.36. The fraction of sp³-hybridized carbons (Fsp3) is 0.600. The Kier molecular flexibility index (Phi) is 4.66. The molecule has 0 aliphatic carbocycles. The maximum absolute atomic E-state index is 5.40. The highest BCUT2D eigenvalue weighted by atomic mass is 16.5. The largest absolute Gasteiger partial charge is 0.496 e. The molecule has 4 nitrogen and oxygen atoms in total. The molecule has 1 aliphatic rings. The van der Waals surface area contributed by atoms with E-state index in [9.17, 15) is 0 Å². The summed E-state index contributed by atoms with van der Waals surface area (Å²) in [5.74, 6) is 0.988. The minimum absolute atomic E-state index is 0.552. The topological polar surface area (TPSA) is 36.5 Å². The maximum Gasteiger partial charge on any atom is 0.124 e. The van der Waals surface area contributed by atoms with Crippen molar-refractivity contribution in [3.8, 4) is 5.75 Å². The van der Waals surface area contributed by atoms with Crippen LogP contribution in [-0.4, -0.2) is 51.3 Å². The number of nitrogens with zero attached hydrogens (tertiary/aromatic N) is 1. The molecule has 1 aromatic rings. The second kappa shape index (κ2) is 6.26. The second-order valence-electron chi connectivity index (χ2n) is 5.36. The zero-order valence-corrected chi connectivity index (χ0v) is 12.4. The Morgan fingerprint density at radius 1 is 1.37 bits per heavy atom. The number of hydrogen-bond donors (Lipinski definition) is 2. The minimum Gasteiger partial charge on any atom is -0.496 e. The van der Waals surface area contributed by atoms with Crippen LogP contribution >= 0.6 is 0 Å². The van der Waals surface area contributed by atoms with E-state index >= 15 is 0 Å². The Balaban J connectivity index is 1.99. The molecule has 1 fully saturated rings. The number of aryl methyl sites for hydroxylation is 2. The van der Waals surface area contributed by atoms with Gasteiger partial charge in [-0.1, -0.05) is 0 Å². The van der Waals surface area contributed by atoms with Gasteiger partial charge in [0, 0.05) is 37.9 Å². The predicted molar refractivity (Wildman–Crippen MR) is 80.2 cm³/mol. The van der Waals surface area contributed by atoms with Crippen LogP contribution in [0.3, 0.4) is 0 Å². The molecule has 1 saturated heterocycles. The van der Waals surface area contributed by atoms with Crippen molar-refractivity contribution in [1.29, 1.82) is 0 Å². The zero-order valence-electron chi connectivity index (χ0n) is 12.4. The van der Waals surface area contributed by atoms with Crippen LogP contribution in [0.25, 0.3) is 0 Å². The van der Waals surface area contributed by atoms with E-state index in [1.165, 1.54) is 16.8 Å². The number of likely N-dealkylation sites (N-methyl/N-ethyl adjacent to an activating group) is 1. The van der Waals surface area contributed by atoms with Gasteiger partial charge in [0.05, 0.1) is 7.11 Å². The van der Waals surface area contributed by atoms with E-state index in [-0.39, 0.29) is 0 Å². The van der Waals surface area contributed by atoms with E-state index in [2.05, 4.69) is 48.6 Å². The average Bonchev–Trinajstić information content (AvgIpc) is 2.37. The number of methoxy groups -OCH3 is 1.